The number of anilines is 2. The van der Waals surface area contributed by atoms with Crippen LogP contribution >= 0.6 is 0 Å². The van der Waals surface area contributed by atoms with Crippen molar-refractivity contribution < 1.29 is 14.4 Å². The molecule has 246 valence electrons. The molecule has 1 aromatic heterocycles. The lowest BCUT2D eigenvalue weighted by Crippen LogP contribution is -2.35. The standard InChI is InChI=1S/C35H48N8O3/c1-23(2)43-32-24(3)19-42(29-14-10-27(11-15-29)34(45)41(7)21-26-16-17-40(6)20-26)22-30(32)31(38-43)33(44)36-18-25-8-12-28(13-9-25)37-35(46)39(4)5/h8-15,23-24,26H,16-22H2,1-7H3,(H,36,44)(H,37,46)/t24-,26+/m0/s1. The minimum absolute atomic E-state index is 0.0422. The second kappa shape index (κ2) is 13.9. The third-order valence-corrected chi connectivity index (χ3v) is 8.98. The summed E-state index contributed by atoms with van der Waals surface area (Å²) in [4.78, 5) is 46.6. The van der Waals surface area contributed by atoms with Gasteiger partial charge in [0.15, 0.2) is 5.69 Å². The first-order valence-corrected chi connectivity index (χ1v) is 16.2. The SMILES string of the molecule is CC(C)n1nc(C(=O)NCc2ccc(NC(=O)N(C)C)cc2)c2c1[C@@H](C)CN(c1ccc(C(=O)N(C)C[C@@H]3CCN(C)C3)cc1)C2. The smallest absolute Gasteiger partial charge is 0.321 e. The topological polar surface area (TPSA) is 106 Å². The van der Waals surface area contributed by atoms with Crippen LogP contribution in [0.2, 0.25) is 0 Å². The lowest BCUT2D eigenvalue weighted by atomic mass is 9.95. The van der Waals surface area contributed by atoms with E-state index >= 15 is 0 Å². The number of nitrogens with one attached hydrogen (secondary N) is 2. The highest BCUT2D eigenvalue weighted by atomic mass is 16.2. The molecular weight excluding hydrogens is 580 g/mol. The monoisotopic (exact) mass is 628 g/mol. The Morgan fingerprint density at radius 3 is 2.30 bits per heavy atom. The summed E-state index contributed by atoms with van der Waals surface area (Å²) in [5.41, 5.74) is 5.79. The van der Waals surface area contributed by atoms with E-state index in [0.29, 0.717) is 36.0 Å². The minimum atomic E-state index is -0.216. The van der Waals surface area contributed by atoms with E-state index in [2.05, 4.69) is 48.3 Å². The number of hydrogen-bond donors (Lipinski definition) is 2. The van der Waals surface area contributed by atoms with Crippen molar-refractivity contribution in [3.63, 3.8) is 0 Å². The molecule has 1 saturated heterocycles. The predicted molar refractivity (Wildman–Crippen MR) is 181 cm³/mol. The van der Waals surface area contributed by atoms with Gasteiger partial charge in [-0.25, -0.2) is 4.79 Å². The van der Waals surface area contributed by atoms with Gasteiger partial charge in [-0.15, -0.1) is 0 Å². The first kappa shape index (κ1) is 33.0. The zero-order valence-electron chi connectivity index (χ0n) is 28.2. The number of rotatable bonds is 9. The average molecular weight is 629 g/mol. The van der Waals surface area contributed by atoms with Gasteiger partial charge in [0.25, 0.3) is 11.8 Å². The summed E-state index contributed by atoms with van der Waals surface area (Å²) < 4.78 is 1.99. The first-order chi connectivity index (χ1) is 21.9. The molecule has 11 heteroatoms. The highest BCUT2D eigenvalue weighted by Crippen LogP contribution is 2.35. The van der Waals surface area contributed by atoms with Crippen molar-refractivity contribution >= 4 is 29.2 Å². The van der Waals surface area contributed by atoms with Gasteiger partial charge in [0.1, 0.15) is 0 Å². The van der Waals surface area contributed by atoms with E-state index in [4.69, 9.17) is 5.10 Å². The van der Waals surface area contributed by atoms with Gasteiger partial charge in [-0.05, 0) is 81.7 Å². The summed E-state index contributed by atoms with van der Waals surface area (Å²) in [6.45, 7) is 10.9. The maximum atomic E-state index is 13.6. The van der Waals surface area contributed by atoms with Gasteiger partial charge in [0, 0.05) is 94.0 Å². The number of nitrogens with zero attached hydrogens (tertiary/aromatic N) is 6. The molecular formula is C35H48N8O3. The molecule has 0 aliphatic carbocycles. The quantitative estimate of drug-likeness (QED) is 0.358. The van der Waals surface area contributed by atoms with Crippen LogP contribution in [0.5, 0.6) is 0 Å². The van der Waals surface area contributed by atoms with E-state index in [1.54, 1.807) is 14.1 Å². The number of hydrogen-bond acceptors (Lipinski definition) is 6. The zero-order valence-corrected chi connectivity index (χ0v) is 28.2. The van der Waals surface area contributed by atoms with Crippen LogP contribution in [-0.2, 0) is 13.1 Å². The van der Waals surface area contributed by atoms with Crippen molar-refractivity contribution in [2.45, 2.75) is 52.2 Å². The van der Waals surface area contributed by atoms with Crippen LogP contribution in [0.25, 0.3) is 0 Å². The maximum Gasteiger partial charge on any atom is 0.321 e. The van der Waals surface area contributed by atoms with E-state index in [9.17, 15) is 14.4 Å². The van der Waals surface area contributed by atoms with Gasteiger partial charge in [-0.2, -0.15) is 5.10 Å². The molecule has 0 spiro atoms. The Labute approximate surface area is 272 Å². The summed E-state index contributed by atoms with van der Waals surface area (Å²) in [6.07, 6.45) is 1.13. The van der Waals surface area contributed by atoms with Crippen LogP contribution < -0.4 is 15.5 Å². The van der Waals surface area contributed by atoms with Crippen molar-refractivity contribution in [2.75, 3.05) is 64.6 Å². The molecule has 46 heavy (non-hydrogen) atoms. The Bertz CT molecular complexity index is 1550. The summed E-state index contributed by atoms with van der Waals surface area (Å²) in [6, 6.07) is 15.2. The highest BCUT2D eigenvalue weighted by Gasteiger charge is 2.33. The van der Waals surface area contributed by atoms with Gasteiger partial charge in [0.2, 0.25) is 0 Å². The van der Waals surface area contributed by atoms with Crippen LogP contribution in [0, 0.1) is 5.92 Å². The fraction of sp³-hybridized carbons (Fsp3) is 0.486. The predicted octanol–water partition coefficient (Wildman–Crippen LogP) is 4.63. The lowest BCUT2D eigenvalue weighted by Gasteiger charge is -2.34. The molecule has 0 radical (unpaired) electrons. The Balaban J connectivity index is 1.27. The Hall–Kier alpha value is -4.38. The summed E-state index contributed by atoms with van der Waals surface area (Å²) >= 11 is 0. The number of carbonyl (C=O) groups excluding carboxylic acids is 3. The van der Waals surface area contributed by atoms with Gasteiger partial charge in [-0.1, -0.05) is 19.1 Å². The van der Waals surface area contributed by atoms with Crippen LogP contribution in [0.3, 0.4) is 0 Å². The number of fused-ring (bicyclic) bond motifs is 1. The minimum Gasteiger partial charge on any atom is -0.366 e. The summed E-state index contributed by atoms with van der Waals surface area (Å²) in [5.74, 6) is 0.498. The van der Waals surface area contributed by atoms with Crippen LogP contribution in [0.1, 0.15) is 76.8 Å². The molecule has 0 bridgehead atoms. The van der Waals surface area contributed by atoms with Crippen molar-refractivity contribution in [3.8, 4) is 0 Å². The molecule has 5 rings (SSSR count). The molecule has 2 aliphatic heterocycles. The van der Waals surface area contributed by atoms with Crippen LogP contribution in [-0.4, -0.2) is 96.7 Å². The molecule has 0 saturated carbocycles. The molecule has 11 nitrogen and oxygen atoms in total. The molecule has 2 N–H and O–H groups in total. The molecule has 2 atom stereocenters. The third-order valence-electron chi connectivity index (χ3n) is 8.98. The van der Waals surface area contributed by atoms with E-state index in [-0.39, 0.29) is 29.8 Å². The number of benzene rings is 2. The largest absolute Gasteiger partial charge is 0.366 e. The summed E-state index contributed by atoms with van der Waals surface area (Å²) in [7, 11) is 7.40. The number of carbonyl (C=O) groups is 3. The normalized spacial score (nSPS) is 18.0. The van der Waals surface area contributed by atoms with Gasteiger partial charge in [-0.3, -0.25) is 14.3 Å². The second-order valence-corrected chi connectivity index (χ2v) is 13.4. The molecule has 1 fully saturated rings. The van der Waals surface area contributed by atoms with Crippen molar-refractivity contribution in [3.05, 3.63) is 76.6 Å². The molecule has 4 amide bonds. The van der Waals surface area contributed by atoms with Gasteiger partial charge in [0.05, 0.1) is 0 Å². The number of aromatic nitrogens is 2. The maximum absolute atomic E-state index is 13.6. The Kier molecular flexibility index (Phi) is 10.0. The molecule has 3 heterocycles. The number of urea groups is 1. The van der Waals surface area contributed by atoms with Crippen molar-refractivity contribution in [2.24, 2.45) is 5.92 Å². The van der Waals surface area contributed by atoms with Crippen molar-refractivity contribution in [1.29, 1.82) is 0 Å². The number of likely N-dealkylation sites (tertiary alicyclic amines) is 1. The third kappa shape index (κ3) is 7.36. The highest BCUT2D eigenvalue weighted by molar-refractivity contribution is 5.95. The van der Waals surface area contributed by atoms with E-state index in [1.807, 2.05) is 65.2 Å². The lowest BCUT2D eigenvalue weighted by molar-refractivity contribution is 0.0773. The Morgan fingerprint density at radius 1 is 1.00 bits per heavy atom. The molecule has 0 unspecified atom stereocenters. The first-order valence-electron chi connectivity index (χ1n) is 16.2. The van der Waals surface area contributed by atoms with Crippen LogP contribution in [0.4, 0.5) is 16.2 Å². The fourth-order valence-corrected chi connectivity index (χ4v) is 6.49. The fourth-order valence-electron chi connectivity index (χ4n) is 6.49. The average Bonchev–Trinajstić information content (AvgIpc) is 3.63. The zero-order chi connectivity index (χ0) is 33.1. The second-order valence-electron chi connectivity index (χ2n) is 13.4. The van der Waals surface area contributed by atoms with E-state index in [0.717, 1.165) is 55.1 Å². The number of amides is 4. The molecule has 3 aromatic rings. The van der Waals surface area contributed by atoms with E-state index in [1.165, 1.54) is 4.90 Å². The van der Waals surface area contributed by atoms with Crippen molar-refractivity contribution in [1.82, 2.24) is 29.8 Å². The van der Waals surface area contributed by atoms with Crippen LogP contribution in [0.15, 0.2) is 48.5 Å². The summed E-state index contributed by atoms with van der Waals surface area (Å²) in [5, 5.41) is 10.7. The van der Waals surface area contributed by atoms with Gasteiger partial charge >= 0.3 is 6.03 Å². The van der Waals surface area contributed by atoms with Gasteiger partial charge < -0.3 is 30.2 Å². The Morgan fingerprint density at radius 2 is 1.70 bits per heavy atom. The molecule has 2 aliphatic rings. The van der Waals surface area contributed by atoms with E-state index < -0.39 is 0 Å². The molecule has 2 aromatic carbocycles.